The molecule has 115 heavy (non-hydrogen) atoms. The summed E-state index contributed by atoms with van der Waals surface area (Å²) in [4.78, 5) is 43.4. The third-order valence-corrected chi connectivity index (χ3v) is 24.3. The number of aromatic amines is 1. The molecule has 10 heterocycles. The zero-order valence-electron chi connectivity index (χ0n) is 63.0. The summed E-state index contributed by atoms with van der Waals surface area (Å²) in [5.74, 6) is 13.9. The number of aliphatic hydroxyl groups is 6. The van der Waals surface area contributed by atoms with E-state index in [0.29, 0.717) is 106 Å². The molecule has 10 aromatic heterocycles. The van der Waals surface area contributed by atoms with Crippen LogP contribution in [0.15, 0.2) is 61.3 Å². The van der Waals surface area contributed by atoms with Crippen molar-refractivity contribution in [2.75, 3.05) is 67.3 Å². The van der Waals surface area contributed by atoms with E-state index in [-0.39, 0.29) is 131 Å². The third-order valence-electron chi connectivity index (χ3n) is 22.3. The van der Waals surface area contributed by atoms with Crippen LogP contribution in [0, 0.1) is 88.8 Å². The number of halogens is 9. The predicted molar refractivity (Wildman–Crippen MR) is 442 cm³/mol. The summed E-state index contributed by atoms with van der Waals surface area (Å²) in [7, 11) is 4.73. The maximum atomic E-state index is 10.2. The van der Waals surface area contributed by atoms with E-state index in [1.54, 1.807) is 39.7 Å². The van der Waals surface area contributed by atoms with Gasteiger partial charge in [-0.05, 0) is 159 Å². The number of nitrogen functional groups attached to an aromatic ring is 1. The lowest BCUT2D eigenvalue weighted by molar-refractivity contribution is -0.104. The molecule has 0 bridgehead atoms. The average Bonchev–Trinajstić information content (AvgIpc) is 1.61. The van der Waals surface area contributed by atoms with Gasteiger partial charge in [0.05, 0.1) is 110 Å². The standard InChI is InChI=1S/C17H19Cl2N3O2.C16H17Cl2N3O3.C14H13Cl2N3O2.C14H15ClN4O2.C11H18O3.C6H3Cl2N3/c1-4-17(5-2)9-11(8-13(17)24-10-23-3)22-7-6-12-14(18)20-16(19)21-15(12)22;1-3-16(8-22)7-10(6-12(16)24-9-23-2)21-5-4-11-13(17)19-15(18)20-14(11)21;1-2-14(7-20)6-8(5-10(14)21)19-4-3-9-11(15)17-13(16)18-12(9)19;1-2-14(7-20)6-8(5-10(14)21)19-4-3-9-11(16)17-13(15)18-12(9)19;1-4-11(5-2)7-9(12)6-10(11)14-8-13-3;7-4-3-1-2-9-5(3)11-6(8)10-4/h1,6-7,11,13H,5,8-10H2,2-3H3;1,4-5,10,12,22H,6-9H2,2H3;1,3-4,8,10,20-21H,5-7H2;1,3-4,8,10,20-21H,5-7H2,(H2,16,17,18);1,9-10,12H,5-8H2,2-3H3;1-2H,(H,9,10,11)/t11-,13-,17-;10-,12-,16+;2*8-,10-,14+;9-,10+,11+;/m00001./s1. The van der Waals surface area contributed by atoms with Crippen molar-refractivity contribution in [1.82, 2.24) is 73.1 Å². The highest BCUT2D eigenvalue weighted by atomic mass is 35.5. The molecule has 612 valence electrons. The van der Waals surface area contributed by atoms with E-state index in [9.17, 15) is 30.6 Å². The van der Waals surface area contributed by atoms with Gasteiger partial charge in [0.2, 0.25) is 26.4 Å². The molecule has 0 unspecified atom stereocenters. The van der Waals surface area contributed by atoms with Gasteiger partial charge in [-0.15, -0.1) is 32.1 Å². The topological polar surface area (TPSA) is 367 Å². The molecule has 37 heteroatoms. The van der Waals surface area contributed by atoms with E-state index in [2.05, 4.69) is 95.9 Å². The van der Waals surface area contributed by atoms with Crippen molar-refractivity contribution in [2.24, 2.45) is 27.1 Å². The number of H-pyrrole nitrogens is 1. The Morgan fingerprint density at radius 3 is 1.10 bits per heavy atom. The van der Waals surface area contributed by atoms with Crippen LogP contribution >= 0.6 is 104 Å². The van der Waals surface area contributed by atoms with Gasteiger partial charge < -0.3 is 88.0 Å². The van der Waals surface area contributed by atoms with E-state index in [0.717, 1.165) is 47.5 Å². The maximum Gasteiger partial charge on any atom is 0.226 e. The van der Waals surface area contributed by atoms with Gasteiger partial charge in [-0.25, -0.2) is 24.9 Å². The van der Waals surface area contributed by atoms with Crippen LogP contribution in [0.4, 0.5) is 5.82 Å². The number of nitrogens with two attached hydrogens (primary N) is 1. The second kappa shape index (κ2) is 39.1. The number of hydrogen-bond donors (Lipinski definition) is 8. The van der Waals surface area contributed by atoms with Gasteiger partial charge in [0, 0.05) is 82.9 Å². The maximum absolute atomic E-state index is 10.2. The number of aromatic nitrogens is 15. The number of rotatable bonds is 18. The van der Waals surface area contributed by atoms with Crippen LogP contribution in [0.3, 0.4) is 0 Å². The summed E-state index contributed by atoms with van der Waals surface area (Å²) in [6.45, 7) is 4.04. The minimum Gasteiger partial charge on any atom is -0.395 e. The molecule has 0 radical (unpaired) electrons. The summed E-state index contributed by atoms with van der Waals surface area (Å²) in [6, 6.07) is 9.14. The van der Waals surface area contributed by atoms with Crippen molar-refractivity contribution in [2.45, 2.75) is 152 Å². The van der Waals surface area contributed by atoms with Crippen molar-refractivity contribution >= 4 is 165 Å². The lowest BCUT2D eigenvalue weighted by atomic mass is 9.82. The Hall–Kier alpha value is -7.17. The average molecular weight is 1760 g/mol. The van der Waals surface area contributed by atoms with Crippen molar-refractivity contribution < 1.29 is 59.1 Å². The fraction of sp³-hybridized carbons (Fsp3) is 0.487. The molecule has 0 aliphatic heterocycles. The highest BCUT2D eigenvalue weighted by molar-refractivity contribution is 6.37. The normalized spacial score (nSPS) is 27.3. The lowest BCUT2D eigenvalue weighted by Gasteiger charge is -2.28. The second-order valence-corrected chi connectivity index (χ2v) is 31.6. The molecular formula is C78H85Cl9N16O12. The summed E-state index contributed by atoms with van der Waals surface area (Å²) in [5, 5.41) is 64.4. The monoisotopic (exact) mass is 1750 g/mol. The Morgan fingerprint density at radius 2 is 0.730 bits per heavy atom. The molecule has 28 nitrogen and oxygen atoms in total. The van der Waals surface area contributed by atoms with E-state index < -0.39 is 28.5 Å². The van der Waals surface area contributed by atoms with Crippen molar-refractivity contribution in [1.29, 1.82) is 0 Å². The Labute approximate surface area is 708 Å². The molecule has 5 aliphatic rings. The minimum atomic E-state index is -0.915. The van der Waals surface area contributed by atoms with Crippen LogP contribution in [-0.2, 0) is 28.4 Å². The summed E-state index contributed by atoms with van der Waals surface area (Å²) < 4.78 is 39.8. The van der Waals surface area contributed by atoms with Crippen LogP contribution in [0.25, 0.3) is 55.2 Å². The molecule has 9 N–H and O–H groups in total. The van der Waals surface area contributed by atoms with Crippen LogP contribution in [0.5, 0.6) is 0 Å². The summed E-state index contributed by atoms with van der Waals surface area (Å²) in [5.41, 5.74) is 5.84. The first-order valence-corrected chi connectivity index (χ1v) is 39.6. The first-order chi connectivity index (χ1) is 55.0. The Morgan fingerprint density at radius 1 is 0.417 bits per heavy atom. The number of aliphatic hydroxyl groups excluding tert-OH is 6. The third kappa shape index (κ3) is 19.1. The lowest BCUT2D eigenvalue weighted by Crippen LogP contribution is -2.34. The number of nitrogens with zero attached hydrogens (tertiary/aromatic N) is 14. The number of terminal acetylenes is 5. The van der Waals surface area contributed by atoms with Crippen LogP contribution in [0.1, 0.15) is 115 Å². The molecule has 10 aromatic rings. The summed E-state index contributed by atoms with van der Waals surface area (Å²) >= 11 is 53.3. The number of anilines is 1. The predicted octanol–water partition coefficient (Wildman–Crippen LogP) is 13.2. The van der Waals surface area contributed by atoms with E-state index >= 15 is 0 Å². The molecule has 15 rings (SSSR count). The van der Waals surface area contributed by atoms with E-state index in [1.807, 2.05) is 63.6 Å². The Balaban J connectivity index is 0.000000148. The van der Waals surface area contributed by atoms with Gasteiger partial charge >= 0.3 is 0 Å². The number of methoxy groups -OCH3 is 3. The molecule has 0 saturated heterocycles. The van der Waals surface area contributed by atoms with Crippen molar-refractivity contribution in [3.8, 4) is 61.7 Å². The fourth-order valence-corrected chi connectivity index (χ4v) is 17.8. The summed E-state index contributed by atoms with van der Waals surface area (Å²) in [6.07, 6.45) is 42.5. The first-order valence-electron chi connectivity index (χ1n) is 36.2. The SMILES string of the molecule is C#C[C@]1(CC)C[C@@H](n2ccc3c(Cl)nc(Cl)nc32)C[C@@H]1OCOC.C#C[C@]1(CC)C[C@H](O)C[C@@H]1OCOC.C#C[C@]1(CO)C[C@@H](n2ccc3c(Cl)nc(Cl)nc32)C[C@@H]1O.C#C[C@]1(CO)C[C@@H](n2ccc3c(Cl)nc(Cl)nc32)C[C@@H]1OCOC.C#C[C@]1(CO)C[C@@H](n2ccc3c(N)nc(Cl)nc32)C[C@@H]1O.Clc1nc(Cl)c2cc[nH]c2n1. The van der Waals surface area contributed by atoms with E-state index in [1.165, 1.54) is 0 Å². The van der Waals surface area contributed by atoms with Crippen LogP contribution in [0.2, 0.25) is 47.0 Å². The van der Waals surface area contributed by atoms with Gasteiger partial charge in [-0.1, -0.05) is 89.9 Å². The van der Waals surface area contributed by atoms with Crippen LogP contribution < -0.4 is 5.73 Å². The highest BCUT2D eigenvalue weighted by Gasteiger charge is 2.51. The molecule has 0 aromatic carbocycles. The number of hydrogen-bond acceptors (Lipinski definition) is 23. The van der Waals surface area contributed by atoms with Crippen molar-refractivity contribution in [3.63, 3.8) is 0 Å². The Bertz CT molecular complexity index is 5030. The number of fused-ring (bicyclic) bond motifs is 5. The highest BCUT2D eigenvalue weighted by Crippen LogP contribution is 2.52. The molecule has 0 amide bonds. The Kier molecular flexibility index (Phi) is 30.7. The van der Waals surface area contributed by atoms with Gasteiger partial charge in [-0.2, -0.15) is 24.9 Å². The fourth-order valence-electron chi connectivity index (χ4n) is 15.9. The molecule has 5 fully saturated rings. The van der Waals surface area contributed by atoms with Gasteiger partial charge in [0.15, 0.2) is 0 Å². The molecule has 5 aliphatic carbocycles. The minimum absolute atomic E-state index is 0.00501. The zero-order chi connectivity index (χ0) is 83.5. The molecule has 15 atom stereocenters. The van der Waals surface area contributed by atoms with Gasteiger partial charge in [0.25, 0.3) is 0 Å². The number of nitrogens with one attached hydrogen (secondary N) is 1. The van der Waals surface area contributed by atoms with Gasteiger partial charge in [-0.3, -0.25) is 0 Å². The van der Waals surface area contributed by atoms with Crippen LogP contribution in [-0.4, -0.2) is 202 Å². The first kappa shape index (κ1) is 90.2. The van der Waals surface area contributed by atoms with Crippen molar-refractivity contribution in [3.05, 3.63) is 108 Å². The number of ether oxygens (including phenoxy) is 6. The van der Waals surface area contributed by atoms with Gasteiger partial charge in [0.1, 0.15) is 75.0 Å². The molecule has 0 spiro atoms. The molecule has 5 saturated carbocycles. The zero-order valence-corrected chi connectivity index (χ0v) is 69.8. The molecular weight excluding hydrogens is 1670 g/mol. The largest absolute Gasteiger partial charge is 0.395 e. The van der Waals surface area contributed by atoms with E-state index in [4.69, 9.17) is 171 Å². The smallest absolute Gasteiger partial charge is 0.226 e. The second-order valence-electron chi connectivity index (χ2n) is 28.5. The quantitative estimate of drug-likeness (QED) is 0.0171.